The largest absolute Gasteiger partial charge is 0.372 e. The third-order valence-electron chi connectivity index (χ3n) is 3.82. The Hall–Kier alpha value is -1.57. The molecule has 1 aliphatic rings. The second-order valence-electron chi connectivity index (χ2n) is 5.37. The lowest BCUT2D eigenvalue weighted by Gasteiger charge is -2.20. The van der Waals surface area contributed by atoms with Crippen LogP contribution in [0, 0.1) is 5.92 Å². The molecule has 1 atom stereocenters. The van der Waals surface area contributed by atoms with Gasteiger partial charge in [0.1, 0.15) is 0 Å². The van der Waals surface area contributed by atoms with Gasteiger partial charge in [0.2, 0.25) is 0 Å². The topological polar surface area (TPSA) is 20.3 Å². The van der Waals surface area contributed by atoms with Crippen molar-refractivity contribution in [3.8, 4) is 0 Å². The highest BCUT2D eigenvalue weighted by Crippen LogP contribution is 2.28. The molecule has 1 aromatic carbocycles. The molecule has 0 heterocycles. The fourth-order valence-corrected chi connectivity index (χ4v) is 2.72. The van der Waals surface area contributed by atoms with Gasteiger partial charge in [-0.3, -0.25) is 4.79 Å². The second-order valence-corrected chi connectivity index (χ2v) is 5.37. The number of carbonyl (C=O) groups is 1. The molecule has 1 saturated carbocycles. The predicted molar refractivity (Wildman–Crippen MR) is 81.4 cm³/mol. The number of rotatable bonds is 4. The minimum absolute atomic E-state index is 0.320. The van der Waals surface area contributed by atoms with E-state index in [1.54, 1.807) is 0 Å². The third-order valence-corrected chi connectivity index (χ3v) is 3.82. The fourth-order valence-electron chi connectivity index (χ4n) is 2.72. The summed E-state index contributed by atoms with van der Waals surface area (Å²) in [4.78, 5) is 14.1. The molecule has 0 radical (unpaired) electrons. The molecule has 0 aliphatic heterocycles. The number of carbonyl (C=O) groups excluding carboxylic acids is 1. The van der Waals surface area contributed by atoms with Crippen molar-refractivity contribution >= 4 is 17.5 Å². The van der Waals surface area contributed by atoms with Crippen LogP contribution >= 0.6 is 0 Å². The van der Waals surface area contributed by atoms with Gasteiger partial charge in [0, 0.05) is 25.2 Å². The zero-order chi connectivity index (χ0) is 13.8. The molecule has 1 unspecified atom stereocenters. The number of anilines is 1. The van der Waals surface area contributed by atoms with E-state index in [-0.39, 0.29) is 0 Å². The van der Waals surface area contributed by atoms with Crippen LogP contribution in [0.25, 0.3) is 6.08 Å². The quantitative estimate of drug-likeness (QED) is 0.762. The zero-order valence-electron chi connectivity index (χ0n) is 12.1. The molecule has 2 heteroatoms. The number of allylic oxidation sites excluding steroid dienone is 1. The summed E-state index contributed by atoms with van der Waals surface area (Å²) in [5.41, 5.74) is 3.37. The van der Waals surface area contributed by atoms with Gasteiger partial charge in [-0.15, -0.1) is 0 Å². The SMILES string of the molecule is CCN(CC)c1ccc(C=C2CC(C)CC2=O)cc1. The first kappa shape index (κ1) is 13.9. The van der Waals surface area contributed by atoms with Crippen molar-refractivity contribution in [3.63, 3.8) is 0 Å². The maximum atomic E-state index is 11.8. The van der Waals surface area contributed by atoms with Crippen molar-refractivity contribution in [2.75, 3.05) is 18.0 Å². The van der Waals surface area contributed by atoms with E-state index in [9.17, 15) is 4.79 Å². The van der Waals surface area contributed by atoms with Crippen LogP contribution in [0.15, 0.2) is 29.8 Å². The average molecular weight is 257 g/mol. The van der Waals surface area contributed by atoms with Gasteiger partial charge in [-0.25, -0.2) is 0 Å². The van der Waals surface area contributed by atoms with Crippen LogP contribution in [-0.2, 0) is 4.79 Å². The van der Waals surface area contributed by atoms with E-state index in [0.717, 1.165) is 30.6 Å². The fraction of sp³-hybridized carbons (Fsp3) is 0.471. The number of hydrogen-bond acceptors (Lipinski definition) is 2. The van der Waals surface area contributed by atoms with E-state index in [1.165, 1.54) is 5.69 Å². The molecule has 102 valence electrons. The number of benzene rings is 1. The normalized spacial score (nSPS) is 21.1. The van der Waals surface area contributed by atoms with Crippen LogP contribution in [0.1, 0.15) is 39.2 Å². The summed E-state index contributed by atoms with van der Waals surface area (Å²) in [5, 5.41) is 0. The monoisotopic (exact) mass is 257 g/mol. The minimum atomic E-state index is 0.320. The number of Topliss-reactive ketones (excluding diaryl/α,β-unsaturated/α-hetero) is 1. The molecule has 2 rings (SSSR count). The van der Waals surface area contributed by atoms with E-state index >= 15 is 0 Å². The molecule has 1 aliphatic carbocycles. The molecule has 1 fully saturated rings. The molecule has 2 nitrogen and oxygen atoms in total. The van der Waals surface area contributed by atoms with Gasteiger partial charge in [0.05, 0.1) is 0 Å². The summed E-state index contributed by atoms with van der Waals surface area (Å²) in [6, 6.07) is 8.50. The summed E-state index contributed by atoms with van der Waals surface area (Å²) in [5.74, 6) is 0.828. The lowest BCUT2D eigenvalue weighted by Crippen LogP contribution is -2.21. The number of nitrogens with zero attached hydrogens (tertiary/aromatic N) is 1. The summed E-state index contributed by atoms with van der Waals surface area (Å²) in [6.45, 7) is 8.51. The maximum Gasteiger partial charge on any atom is 0.159 e. The van der Waals surface area contributed by atoms with Gasteiger partial charge in [-0.05, 0) is 55.5 Å². The smallest absolute Gasteiger partial charge is 0.159 e. The van der Waals surface area contributed by atoms with E-state index in [4.69, 9.17) is 0 Å². The second kappa shape index (κ2) is 6.05. The summed E-state index contributed by atoms with van der Waals surface area (Å²) < 4.78 is 0. The van der Waals surface area contributed by atoms with E-state index in [0.29, 0.717) is 18.1 Å². The highest BCUT2D eigenvalue weighted by atomic mass is 16.1. The summed E-state index contributed by atoms with van der Waals surface area (Å²) in [6.07, 6.45) is 3.69. The molecule has 0 N–H and O–H groups in total. The highest BCUT2D eigenvalue weighted by Gasteiger charge is 2.23. The van der Waals surface area contributed by atoms with Crippen molar-refractivity contribution in [2.24, 2.45) is 5.92 Å². The van der Waals surface area contributed by atoms with Crippen molar-refractivity contribution < 1.29 is 4.79 Å². The van der Waals surface area contributed by atoms with Gasteiger partial charge < -0.3 is 4.90 Å². The Kier molecular flexibility index (Phi) is 4.41. The zero-order valence-corrected chi connectivity index (χ0v) is 12.1. The third kappa shape index (κ3) is 3.25. The van der Waals surface area contributed by atoms with Gasteiger partial charge in [0.15, 0.2) is 5.78 Å². The molecule has 0 saturated heterocycles. The Morgan fingerprint density at radius 1 is 1.16 bits per heavy atom. The average Bonchev–Trinajstić information content (AvgIpc) is 2.71. The summed E-state index contributed by atoms with van der Waals surface area (Å²) in [7, 11) is 0. The van der Waals surface area contributed by atoms with Crippen molar-refractivity contribution in [1.82, 2.24) is 0 Å². The predicted octanol–water partition coefficient (Wildman–Crippen LogP) is 3.92. The van der Waals surface area contributed by atoms with Crippen molar-refractivity contribution in [2.45, 2.75) is 33.6 Å². The Labute approximate surface area is 116 Å². The van der Waals surface area contributed by atoms with Gasteiger partial charge >= 0.3 is 0 Å². The molecule has 0 bridgehead atoms. The van der Waals surface area contributed by atoms with Gasteiger partial charge in [-0.1, -0.05) is 19.1 Å². The lowest BCUT2D eigenvalue weighted by atomic mass is 10.1. The Balaban J connectivity index is 2.15. The van der Waals surface area contributed by atoms with E-state index < -0.39 is 0 Å². The number of ketones is 1. The van der Waals surface area contributed by atoms with Crippen molar-refractivity contribution in [3.05, 3.63) is 35.4 Å². The first-order chi connectivity index (χ1) is 9.13. The minimum Gasteiger partial charge on any atom is -0.372 e. The van der Waals surface area contributed by atoms with Crippen LogP contribution in [-0.4, -0.2) is 18.9 Å². The van der Waals surface area contributed by atoms with E-state index in [1.807, 2.05) is 0 Å². The standard InChI is InChI=1S/C17H23NO/c1-4-18(5-2)16-8-6-14(7-9-16)12-15-10-13(3)11-17(15)19/h6-9,12-13H,4-5,10-11H2,1-3H3. The van der Waals surface area contributed by atoms with Crippen LogP contribution in [0.4, 0.5) is 5.69 Å². The van der Waals surface area contributed by atoms with Crippen LogP contribution in [0.5, 0.6) is 0 Å². The molecule has 0 amide bonds. The molecular formula is C17H23NO. The molecule has 0 aromatic heterocycles. The van der Waals surface area contributed by atoms with Crippen LogP contribution in [0.3, 0.4) is 0 Å². The highest BCUT2D eigenvalue weighted by molar-refractivity contribution is 6.01. The van der Waals surface area contributed by atoms with Gasteiger partial charge in [0.25, 0.3) is 0 Å². The maximum absolute atomic E-state index is 11.8. The Morgan fingerprint density at radius 3 is 2.26 bits per heavy atom. The molecule has 19 heavy (non-hydrogen) atoms. The molecule has 0 spiro atoms. The molecule has 1 aromatic rings. The van der Waals surface area contributed by atoms with Crippen LogP contribution < -0.4 is 4.90 Å². The lowest BCUT2D eigenvalue weighted by molar-refractivity contribution is -0.114. The first-order valence-corrected chi connectivity index (χ1v) is 7.22. The molecular weight excluding hydrogens is 234 g/mol. The Bertz CT molecular complexity index is 469. The van der Waals surface area contributed by atoms with E-state index in [2.05, 4.69) is 56.0 Å². The van der Waals surface area contributed by atoms with Crippen LogP contribution in [0.2, 0.25) is 0 Å². The first-order valence-electron chi connectivity index (χ1n) is 7.22. The Morgan fingerprint density at radius 2 is 1.79 bits per heavy atom. The summed E-state index contributed by atoms with van der Waals surface area (Å²) >= 11 is 0. The number of hydrogen-bond donors (Lipinski definition) is 0. The van der Waals surface area contributed by atoms with Crippen molar-refractivity contribution in [1.29, 1.82) is 0 Å². The van der Waals surface area contributed by atoms with Gasteiger partial charge in [-0.2, -0.15) is 0 Å².